The van der Waals surface area contributed by atoms with Crippen molar-refractivity contribution in [3.8, 4) is 0 Å². The zero-order valence-electron chi connectivity index (χ0n) is 7.67. The third-order valence-corrected chi connectivity index (χ3v) is 6.13. The van der Waals surface area contributed by atoms with Gasteiger partial charge in [-0.05, 0) is 0 Å². The Morgan fingerprint density at radius 3 is 2.62 bits per heavy atom. The predicted octanol–water partition coefficient (Wildman–Crippen LogP) is -3.78. The molecule has 0 radical (unpaired) electrons. The number of carbonyl (C=O) groups excluding carboxylic acids is 1. The van der Waals surface area contributed by atoms with Crippen molar-refractivity contribution in [1.82, 2.24) is 3.11 Å². The normalized spacial score (nSPS) is 33.2. The Balaban J connectivity index is 2.77. The fraction of sp³-hybridized carbons (Fsp3) is 0.714. The van der Waals surface area contributed by atoms with Crippen LogP contribution in [0, 0.1) is 5.41 Å². The number of nitrogens with zero attached hydrogens (tertiary/aromatic N) is 1. The Kier molecular flexibility index (Phi) is 2.81. The number of hydrogen-bond acceptors (Lipinski definition) is 3. The summed E-state index contributed by atoms with van der Waals surface area (Å²) < 4.78 is 1.08. The van der Waals surface area contributed by atoms with E-state index < -0.39 is 25.0 Å². The minimum absolute atomic E-state index is 0.0182. The molecule has 0 aromatic heterocycles. The van der Waals surface area contributed by atoms with Crippen LogP contribution in [0.15, 0.2) is 0 Å². The molecular weight excluding hydrogens is 283 g/mol. The fourth-order valence-corrected chi connectivity index (χ4v) is 4.60. The van der Waals surface area contributed by atoms with Gasteiger partial charge >= 0.3 is 87.9 Å². The van der Waals surface area contributed by atoms with Gasteiger partial charge in [-0.1, -0.05) is 0 Å². The molecule has 1 fully saturated rings. The van der Waals surface area contributed by atoms with Crippen LogP contribution >= 0.6 is 0 Å². The molecule has 0 aliphatic carbocycles. The summed E-state index contributed by atoms with van der Waals surface area (Å²) in [5.41, 5.74) is 11.3. The number of nitrogens with one attached hydrogen (secondary N) is 1. The van der Waals surface area contributed by atoms with E-state index in [-0.39, 0.29) is 17.8 Å². The maximum atomic E-state index is 11.2. The van der Waals surface area contributed by atoms with Crippen LogP contribution in [-0.4, -0.2) is 24.4 Å². The van der Waals surface area contributed by atoms with Gasteiger partial charge in [0.05, 0.1) is 0 Å². The number of guanidine groups is 1. The Morgan fingerprint density at radius 2 is 2.31 bits per heavy atom. The Morgan fingerprint density at radius 1 is 1.77 bits per heavy atom. The molecule has 1 aliphatic rings. The molecule has 2 atom stereocenters. The number of rotatable bonds is 2. The van der Waals surface area contributed by atoms with E-state index in [1.54, 1.807) is 3.11 Å². The number of hydrogen-bond donors (Lipinski definition) is 3. The molecule has 0 amide bonds. The topological polar surface area (TPSA) is 96.2 Å². The zero-order valence-corrected chi connectivity index (χ0v) is 9.83. The Bertz CT molecular complexity index is 257. The first-order valence-electron chi connectivity index (χ1n) is 4.03. The van der Waals surface area contributed by atoms with Crippen LogP contribution in [0.4, 0.5) is 0 Å². The van der Waals surface area contributed by atoms with Crippen molar-refractivity contribution in [2.75, 3.05) is 0 Å². The summed E-state index contributed by atoms with van der Waals surface area (Å²) >= 11 is -0.639. The first kappa shape index (κ1) is 10.7. The van der Waals surface area contributed by atoms with Crippen LogP contribution in [0.3, 0.4) is 0 Å². The molecule has 1 heterocycles. The van der Waals surface area contributed by atoms with Gasteiger partial charge in [0, 0.05) is 0 Å². The predicted molar refractivity (Wildman–Crippen MR) is 45.4 cm³/mol. The van der Waals surface area contributed by atoms with E-state index >= 15 is 0 Å². The van der Waals surface area contributed by atoms with Gasteiger partial charge < -0.3 is 0 Å². The molecule has 1 unspecified atom stereocenters. The summed E-state index contributed by atoms with van der Waals surface area (Å²) in [5, 5.41) is 7.27. The summed E-state index contributed by atoms with van der Waals surface area (Å²) in [6.45, 7) is 3.47. The third kappa shape index (κ3) is 1.52. The molecule has 13 heavy (non-hydrogen) atoms. The van der Waals surface area contributed by atoms with Crippen LogP contribution in [0.5, 0.6) is 0 Å². The van der Waals surface area contributed by atoms with Gasteiger partial charge in [-0.25, -0.2) is 0 Å². The number of Topliss-reactive ketones (excluding diaryl/α,β-unsaturated/α-hetero) is 1. The molecule has 0 aromatic rings. The summed E-state index contributed by atoms with van der Waals surface area (Å²) in [4.78, 5) is 11.2. The van der Waals surface area contributed by atoms with Crippen molar-refractivity contribution in [3.05, 3.63) is 0 Å². The van der Waals surface area contributed by atoms with Crippen LogP contribution in [0.25, 0.3) is 0 Å². The summed E-state index contributed by atoms with van der Waals surface area (Å²) in [6.07, 6.45) is 0.759. The van der Waals surface area contributed by atoms with Crippen molar-refractivity contribution in [2.24, 2.45) is 11.5 Å². The number of alkyl halides is 1. The van der Waals surface area contributed by atoms with Crippen LogP contribution in [0.1, 0.15) is 20.3 Å². The minimum atomic E-state index is -0.681. The molecule has 76 valence electrons. The van der Waals surface area contributed by atoms with Crippen molar-refractivity contribution in [3.63, 3.8) is 0 Å². The SMILES string of the molecule is CCC1N(C(=N)N)[I-][C@]1(N)C(C)=O. The van der Waals surface area contributed by atoms with E-state index in [0.717, 1.165) is 6.42 Å². The van der Waals surface area contributed by atoms with E-state index in [0.29, 0.717) is 0 Å². The average molecular weight is 297 g/mol. The van der Waals surface area contributed by atoms with Crippen LogP contribution in [0.2, 0.25) is 0 Å². The van der Waals surface area contributed by atoms with Gasteiger partial charge in [-0.2, -0.15) is 0 Å². The van der Waals surface area contributed by atoms with Gasteiger partial charge in [0.15, 0.2) is 0 Å². The number of carbonyl (C=O) groups is 1. The first-order valence-corrected chi connectivity index (χ1v) is 6.07. The van der Waals surface area contributed by atoms with E-state index in [1.807, 2.05) is 6.92 Å². The summed E-state index contributed by atoms with van der Waals surface area (Å²) in [6, 6.07) is -0.0599. The molecule has 1 saturated heterocycles. The van der Waals surface area contributed by atoms with E-state index in [2.05, 4.69) is 0 Å². The molecule has 1 rings (SSSR count). The summed E-state index contributed by atoms with van der Waals surface area (Å²) in [5.74, 6) is 0.0617. The molecule has 5 N–H and O–H groups in total. The maximum absolute atomic E-state index is 11.2. The van der Waals surface area contributed by atoms with Gasteiger partial charge in [0.2, 0.25) is 0 Å². The monoisotopic (exact) mass is 297 g/mol. The standard InChI is InChI=1S/C7H14IN4O/c1-3-5-7(11,4(2)13)8-12(5)6(9)10/h5H,3,11H2,1-2H3,(H3,9,10)/q-1/t5?,7-/m0/s1. The second-order valence-electron chi connectivity index (χ2n) is 3.03. The van der Waals surface area contributed by atoms with E-state index in [4.69, 9.17) is 16.9 Å². The number of halogens is 1. The second-order valence-corrected chi connectivity index (χ2v) is 6.34. The van der Waals surface area contributed by atoms with E-state index in [1.165, 1.54) is 6.92 Å². The first-order chi connectivity index (χ1) is 5.93. The molecule has 0 spiro atoms. The Labute approximate surface area is 88.0 Å². The van der Waals surface area contributed by atoms with Crippen LogP contribution < -0.4 is 32.9 Å². The summed E-state index contributed by atoms with van der Waals surface area (Å²) in [7, 11) is 0. The molecule has 0 aromatic carbocycles. The molecule has 1 aliphatic heterocycles. The molecule has 0 saturated carbocycles. The molecule has 6 heteroatoms. The molecule has 0 bridgehead atoms. The number of ketones is 1. The van der Waals surface area contributed by atoms with Gasteiger partial charge in [-0.15, -0.1) is 0 Å². The van der Waals surface area contributed by atoms with Crippen LogP contribution in [-0.2, 0) is 4.79 Å². The molecular formula is C7H14IN4O-. The van der Waals surface area contributed by atoms with Crippen molar-refractivity contribution < 1.29 is 26.3 Å². The fourth-order valence-electron chi connectivity index (χ4n) is 1.35. The average Bonchev–Trinajstić information content (AvgIpc) is 1.99. The zero-order chi connectivity index (χ0) is 10.2. The Hall–Kier alpha value is -0.370. The van der Waals surface area contributed by atoms with E-state index in [9.17, 15) is 4.79 Å². The van der Waals surface area contributed by atoms with Crippen molar-refractivity contribution in [1.29, 1.82) is 5.41 Å². The van der Waals surface area contributed by atoms with Gasteiger partial charge in [0.1, 0.15) is 0 Å². The van der Waals surface area contributed by atoms with Crippen molar-refractivity contribution >= 4 is 11.7 Å². The number of nitrogens with two attached hydrogens (primary N) is 2. The van der Waals surface area contributed by atoms with Crippen molar-refractivity contribution in [2.45, 2.75) is 29.9 Å². The van der Waals surface area contributed by atoms with Gasteiger partial charge in [0.25, 0.3) is 0 Å². The quantitative estimate of drug-likeness (QED) is 0.122. The molecule has 5 nitrogen and oxygen atoms in total. The second kappa shape index (κ2) is 3.41. The van der Waals surface area contributed by atoms with Gasteiger partial charge in [-0.3, -0.25) is 0 Å². The third-order valence-electron chi connectivity index (χ3n) is 2.15.